The van der Waals surface area contributed by atoms with Gasteiger partial charge in [0.15, 0.2) is 0 Å². The van der Waals surface area contributed by atoms with E-state index in [0.29, 0.717) is 4.90 Å². The molecule has 0 bridgehead atoms. The van der Waals surface area contributed by atoms with E-state index in [1.807, 2.05) is 19.1 Å². The van der Waals surface area contributed by atoms with Crippen molar-refractivity contribution in [1.82, 2.24) is 4.31 Å². The average molecular weight is 349 g/mol. The Morgan fingerprint density at radius 1 is 1.00 bits per heavy atom. The van der Waals surface area contributed by atoms with Gasteiger partial charge in [-0.15, -0.1) is 0 Å². The van der Waals surface area contributed by atoms with Gasteiger partial charge in [-0.25, -0.2) is 8.42 Å². The third-order valence-corrected chi connectivity index (χ3v) is 8.48. The number of aliphatic hydroxyl groups is 1. The highest BCUT2D eigenvalue weighted by molar-refractivity contribution is 7.89. The minimum atomic E-state index is -3.54. The molecule has 1 aliphatic heterocycles. The lowest BCUT2D eigenvalue weighted by Gasteiger charge is -2.41. The molecule has 5 heteroatoms. The number of sulfonamides is 1. The van der Waals surface area contributed by atoms with Crippen molar-refractivity contribution >= 4 is 10.0 Å². The molecule has 1 aromatic carbocycles. The molecule has 1 aromatic rings. The molecule has 0 radical (unpaired) electrons. The van der Waals surface area contributed by atoms with E-state index in [-0.39, 0.29) is 6.04 Å². The molecular weight excluding hydrogens is 322 g/mol. The van der Waals surface area contributed by atoms with Gasteiger partial charge in [-0.2, -0.15) is 4.31 Å². The molecule has 1 unspecified atom stereocenters. The number of aryl methyl sites for hydroxylation is 1. The van der Waals surface area contributed by atoms with E-state index >= 15 is 0 Å². The average Bonchev–Trinajstić information content (AvgIpc) is 3.28. The number of hydrogen-bond acceptors (Lipinski definition) is 3. The molecule has 132 valence electrons. The van der Waals surface area contributed by atoms with Gasteiger partial charge in [0.25, 0.3) is 0 Å². The molecule has 1 heterocycles. The normalized spacial score (nSPS) is 35.2. The van der Waals surface area contributed by atoms with Gasteiger partial charge in [-0.1, -0.05) is 49.8 Å². The molecule has 24 heavy (non-hydrogen) atoms. The smallest absolute Gasteiger partial charge is 0.244 e. The van der Waals surface area contributed by atoms with E-state index in [2.05, 4.69) is 0 Å². The molecule has 3 fully saturated rings. The molecular formula is C19H27NO3S. The zero-order chi connectivity index (χ0) is 17.0. The second-order valence-corrected chi connectivity index (χ2v) is 9.71. The number of fused-ring (bicyclic) bond motifs is 1. The van der Waals surface area contributed by atoms with E-state index in [4.69, 9.17) is 0 Å². The fourth-order valence-electron chi connectivity index (χ4n) is 5.25. The summed E-state index contributed by atoms with van der Waals surface area (Å²) in [5.74, 6) is 0. The van der Waals surface area contributed by atoms with Crippen LogP contribution in [0.25, 0.3) is 0 Å². The third kappa shape index (κ3) is 2.21. The molecule has 2 saturated carbocycles. The fourth-order valence-corrected chi connectivity index (χ4v) is 7.34. The number of hydrogen-bond donors (Lipinski definition) is 1. The van der Waals surface area contributed by atoms with Crippen molar-refractivity contribution in [2.75, 3.05) is 0 Å². The summed E-state index contributed by atoms with van der Waals surface area (Å²) < 4.78 is 28.2. The summed E-state index contributed by atoms with van der Waals surface area (Å²) in [5, 5.41) is 11.4. The summed E-state index contributed by atoms with van der Waals surface area (Å²) in [7, 11) is -3.54. The Morgan fingerprint density at radius 2 is 1.62 bits per heavy atom. The van der Waals surface area contributed by atoms with Gasteiger partial charge in [-0.05, 0) is 44.7 Å². The maximum absolute atomic E-state index is 13.3. The Hall–Kier alpha value is -0.910. The van der Waals surface area contributed by atoms with Crippen molar-refractivity contribution in [2.24, 2.45) is 0 Å². The second kappa shape index (κ2) is 5.55. The summed E-state index contributed by atoms with van der Waals surface area (Å²) in [6, 6.07) is 7.09. The molecule has 0 amide bonds. The van der Waals surface area contributed by atoms with Crippen LogP contribution in [-0.2, 0) is 10.0 Å². The molecule has 0 aromatic heterocycles. The van der Waals surface area contributed by atoms with Crippen molar-refractivity contribution in [1.29, 1.82) is 0 Å². The van der Waals surface area contributed by atoms with Crippen molar-refractivity contribution in [3.8, 4) is 0 Å². The first-order valence-corrected chi connectivity index (χ1v) is 10.7. The Kier molecular flexibility index (Phi) is 3.83. The van der Waals surface area contributed by atoms with Crippen molar-refractivity contribution in [3.63, 3.8) is 0 Å². The van der Waals surface area contributed by atoms with Crippen LogP contribution in [-0.4, -0.2) is 35.0 Å². The molecule has 4 nitrogen and oxygen atoms in total. The van der Waals surface area contributed by atoms with Crippen LogP contribution >= 0.6 is 0 Å². The highest BCUT2D eigenvalue weighted by atomic mass is 32.2. The second-order valence-electron chi connectivity index (χ2n) is 7.89. The van der Waals surface area contributed by atoms with Crippen LogP contribution in [0.3, 0.4) is 0 Å². The zero-order valence-electron chi connectivity index (χ0n) is 14.4. The van der Waals surface area contributed by atoms with Gasteiger partial charge in [0.05, 0.1) is 16.0 Å². The van der Waals surface area contributed by atoms with Crippen molar-refractivity contribution < 1.29 is 13.5 Å². The summed E-state index contributed by atoms with van der Waals surface area (Å²) >= 11 is 0. The summed E-state index contributed by atoms with van der Waals surface area (Å²) in [4.78, 5) is 0.362. The van der Waals surface area contributed by atoms with Crippen molar-refractivity contribution in [2.45, 2.75) is 86.8 Å². The maximum Gasteiger partial charge on any atom is 0.244 e. The SMILES string of the molecule is Cc1ccc(S(=O)(=O)N2[C@H]3CCCC[C@]32C2(O)CCCCC2)cc1. The largest absolute Gasteiger partial charge is 0.388 e. The van der Waals surface area contributed by atoms with E-state index in [1.54, 1.807) is 16.4 Å². The first-order valence-electron chi connectivity index (χ1n) is 9.25. The highest BCUT2D eigenvalue weighted by Gasteiger charge is 2.76. The molecule has 4 rings (SSSR count). The Labute approximate surface area is 144 Å². The minimum absolute atomic E-state index is 0.0133. The van der Waals surface area contributed by atoms with Crippen LogP contribution in [0.2, 0.25) is 0 Å². The quantitative estimate of drug-likeness (QED) is 0.851. The van der Waals surface area contributed by atoms with Crippen LogP contribution in [0.4, 0.5) is 0 Å². The van der Waals surface area contributed by atoms with Gasteiger partial charge in [0.1, 0.15) is 0 Å². The lowest BCUT2D eigenvalue weighted by molar-refractivity contribution is -0.0480. The van der Waals surface area contributed by atoms with E-state index in [0.717, 1.165) is 63.4 Å². The van der Waals surface area contributed by atoms with Gasteiger partial charge in [0, 0.05) is 6.04 Å². The van der Waals surface area contributed by atoms with E-state index in [1.165, 1.54) is 0 Å². The molecule has 2 aliphatic carbocycles. The van der Waals surface area contributed by atoms with Crippen LogP contribution in [0.15, 0.2) is 29.2 Å². The number of nitrogens with zero attached hydrogens (tertiary/aromatic N) is 1. The van der Waals surface area contributed by atoms with Gasteiger partial charge in [-0.3, -0.25) is 0 Å². The van der Waals surface area contributed by atoms with E-state index in [9.17, 15) is 13.5 Å². The molecule has 1 N–H and O–H groups in total. The van der Waals surface area contributed by atoms with E-state index < -0.39 is 21.2 Å². The summed E-state index contributed by atoms with van der Waals surface area (Å²) in [5.41, 5.74) is -0.332. The monoisotopic (exact) mass is 349 g/mol. The third-order valence-electron chi connectivity index (χ3n) is 6.51. The Morgan fingerprint density at radius 3 is 2.29 bits per heavy atom. The lowest BCUT2D eigenvalue weighted by Crippen LogP contribution is -2.51. The van der Waals surface area contributed by atoms with Crippen LogP contribution in [0.1, 0.15) is 63.4 Å². The Balaban J connectivity index is 1.73. The minimum Gasteiger partial charge on any atom is -0.388 e. The van der Waals surface area contributed by atoms with Crippen LogP contribution < -0.4 is 0 Å². The number of benzene rings is 1. The molecule has 3 atom stereocenters. The van der Waals surface area contributed by atoms with Crippen LogP contribution in [0.5, 0.6) is 0 Å². The highest BCUT2D eigenvalue weighted by Crippen LogP contribution is 2.62. The fraction of sp³-hybridized carbons (Fsp3) is 0.684. The summed E-state index contributed by atoms with van der Waals surface area (Å²) in [6.45, 7) is 1.96. The maximum atomic E-state index is 13.3. The standard InChI is InChI=1S/C19H27NO3S/c1-15-8-10-16(11-9-15)24(22,23)20-17-7-3-6-14-19(17,20)18(21)12-4-2-5-13-18/h8-11,17,21H,2-7,12-14H2,1H3/t17-,19+,20?/m0/s1. The first-order chi connectivity index (χ1) is 11.4. The van der Waals surface area contributed by atoms with Gasteiger partial charge >= 0.3 is 0 Å². The molecule has 3 aliphatic rings. The van der Waals surface area contributed by atoms with Crippen molar-refractivity contribution in [3.05, 3.63) is 29.8 Å². The summed E-state index contributed by atoms with van der Waals surface area (Å²) in [6.07, 6.45) is 8.39. The molecule has 1 saturated heterocycles. The predicted octanol–water partition coefficient (Wildman–Crippen LogP) is 3.38. The Bertz CT molecular complexity index is 721. The number of rotatable bonds is 3. The van der Waals surface area contributed by atoms with Gasteiger partial charge in [0.2, 0.25) is 10.0 Å². The van der Waals surface area contributed by atoms with Gasteiger partial charge < -0.3 is 5.11 Å². The zero-order valence-corrected chi connectivity index (χ0v) is 15.2. The molecule has 0 spiro atoms. The first kappa shape index (κ1) is 16.6. The predicted molar refractivity (Wildman–Crippen MR) is 93.2 cm³/mol. The van der Waals surface area contributed by atoms with Crippen LogP contribution in [0, 0.1) is 6.92 Å². The lowest BCUT2D eigenvalue weighted by atomic mass is 9.69. The topological polar surface area (TPSA) is 57.4 Å².